The molecule has 4 unspecified atom stereocenters. The molecule has 5 rings (SSSR count). The average molecular weight is 393 g/mol. The lowest BCUT2D eigenvalue weighted by Gasteiger charge is -2.28. The van der Waals surface area contributed by atoms with Crippen LogP contribution in [0.2, 0.25) is 0 Å². The molecular formula is C19H28N4OS2. The molecule has 2 heterocycles. The minimum Gasteiger partial charge on any atom is -0.497 e. The Morgan fingerprint density at radius 3 is 2.65 bits per heavy atom. The molecule has 1 aromatic rings. The summed E-state index contributed by atoms with van der Waals surface area (Å²) in [5, 5.41) is 4.21. The number of hydrazine groups is 1. The largest absolute Gasteiger partial charge is 0.497 e. The number of hydrogen-bond acceptors (Lipinski definition) is 7. The van der Waals surface area contributed by atoms with Crippen LogP contribution in [0.5, 0.6) is 5.75 Å². The predicted octanol–water partition coefficient (Wildman–Crippen LogP) is 2.72. The molecule has 7 heteroatoms. The number of benzene rings is 1. The van der Waals surface area contributed by atoms with Gasteiger partial charge in [0.15, 0.2) is 0 Å². The van der Waals surface area contributed by atoms with Gasteiger partial charge in [0.05, 0.1) is 18.6 Å². The molecule has 26 heavy (non-hydrogen) atoms. The zero-order chi connectivity index (χ0) is 17.5. The SMILES string of the molecule is COc1ccc(C2NC(CSC3NNC(C4CC4)N3C3CC3)CS2)cc1. The Bertz CT molecular complexity index is 622. The second-order valence-electron chi connectivity index (χ2n) is 7.79. The highest BCUT2D eigenvalue weighted by Crippen LogP contribution is 2.43. The summed E-state index contributed by atoms with van der Waals surface area (Å²) in [6.07, 6.45) is 6.11. The maximum absolute atomic E-state index is 5.26. The van der Waals surface area contributed by atoms with E-state index >= 15 is 0 Å². The van der Waals surface area contributed by atoms with Gasteiger partial charge in [0, 0.05) is 23.6 Å². The van der Waals surface area contributed by atoms with Gasteiger partial charge in [0.25, 0.3) is 0 Å². The Balaban J connectivity index is 1.14. The van der Waals surface area contributed by atoms with E-state index in [0.717, 1.165) is 23.5 Å². The number of methoxy groups -OCH3 is 1. The predicted molar refractivity (Wildman–Crippen MR) is 109 cm³/mol. The molecule has 0 amide bonds. The van der Waals surface area contributed by atoms with Crippen LogP contribution >= 0.6 is 23.5 Å². The standard InChI is InChI=1S/C19H28N4OS2/c1-24-16-8-4-13(5-9-16)18-20-14(10-25-18)11-26-19-22-21-17(12-2-3-12)23(19)15-6-7-15/h4-5,8-9,12,14-15,17-22H,2-3,6-7,10-11H2,1H3. The van der Waals surface area contributed by atoms with Gasteiger partial charge in [0.2, 0.25) is 0 Å². The molecule has 2 saturated heterocycles. The molecule has 0 spiro atoms. The van der Waals surface area contributed by atoms with Gasteiger partial charge < -0.3 is 4.74 Å². The van der Waals surface area contributed by atoms with Crippen molar-refractivity contribution in [2.24, 2.45) is 5.92 Å². The first-order valence-electron chi connectivity index (χ1n) is 9.73. The van der Waals surface area contributed by atoms with Crippen molar-refractivity contribution < 1.29 is 4.74 Å². The summed E-state index contributed by atoms with van der Waals surface area (Å²) >= 11 is 4.09. The van der Waals surface area contributed by atoms with E-state index in [1.165, 1.54) is 37.0 Å². The van der Waals surface area contributed by atoms with E-state index < -0.39 is 0 Å². The third kappa shape index (κ3) is 3.75. The lowest BCUT2D eigenvalue weighted by Crippen LogP contribution is -2.42. The monoisotopic (exact) mass is 392 g/mol. The molecule has 2 aliphatic carbocycles. The summed E-state index contributed by atoms with van der Waals surface area (Å²) in [6.45, 7) is 0. The number of thioether (sulfide) groups is 2. The van der Waals surface area contributed by atoms with Crippen molar-refractivity contribution in [1.82, 2.24) is 21.1 Å². The number of nitrogens with zero attached hydrogens (tertiary/aromatic N) is 1. The highest BCUT2D eigenvalue weighted by molar-refractivity contribution is 8.00. The quantitative estimate of drug-likeness (QED) is 0.660. The van der Waals surface area contributed by atoms with Crippen LogP contribution in [-0.4, -0.2) is 47.3 Å². The summed E-state index contributed by atoms with van der Waals surface area (Å²) < 4.78 is 5.26. The Kier molecular flexibility index (Phi) is 5.11. The Hall–Kier alpha value is -0.440. The van der Waals surface area contributed by atoms with Crippen LogP contribution in [0.4, 0.5) is 0 Å². The molecular weight excluding hydrogens is 364 g/mol. The fourth-order valence-electron chi connectivity index (χ4n) is 3.94. The van der Waals surface area contributed by atoms with Crippen LogP contribution in [-0.2, 0) is 0 Å². The van der Waals surface area contributed by atoms with Crippen LogP contribution < -0.4 is 20.9 Å². The van der Waals surface area contributed by atoms with Crippen LogP contribution in [0.25, 0.3) is 0 Å². The van der Waals surface area contributed by atoms with Crippen molar-refractivity contribution >= 4 is 23.5 Å². The topological polar surface area (TPSA) is 48.6 Å². The highest BCUT2D eigenvalue weighted by atomic mass is 32.2. The maximum atomic E-state index is 5.26. The molecule has 4 fully saturated rings. The molecule has 1 aromatic carbocycles. The van der Waals surface area contributed by atoms with E-state index in [4.69, 9.17) is 4.74 Å². The molecule has 2 saturated carbocycles. The van der Waals surface area contributed by atoms with Gasteiger partial charge in [-0.2, -0.15) is 0 Å². The smallest absolute Gasteiger partial charge is 0.122 e. The lowest BCUT2D eigenvalue weighted by molar-refractivity contribution is 0.195. The van der Waals surface area contributed by atoms with Gasteiger partial charge in [-0.15, -0.1) is 23.5 Å². The molecule has 0 bridgehead atoms. The molecule has 0 aromatic heterocycles. The van der Waals surface area contributed by atoms with Crippen LogP contribution in [0, 0.1) is 5.92 Å². The third-order valence-corrected chi connectivity index (χ3v) is 8.32. The van der Waals surface area contributed by atoms with E-state index in [9.17, 15) is 0 Å². The maximum Gasteiger partial charge on any atom is 0.122 e. The molecule has 2 aliphatic heterocycles. The zero-order valence-electron chi connectivity index (χ0n) is 15.2. The van der Waals surface area contributed by atoms with Crippen LogP contribution in [0.15, 0.2) is 24.3 Å². The van der Waals surface area contributed by atoms with Gasteiger partial charge in [-0.25, -0.2) is 10.9 Å². The lowest BCUT2D eigenvalue weighted by atomic mass is 10.2. The van der Waals surface area contributed by atoms with Crippen molar-refractivity contribution in [2.45, 2.75) is 54.8 Å². The Morgan fingerprint density at radius 2 is 1.96 bits per heavy atom. The van der Waals surface area contributed by atoms with Gasteiger partial charge in [-0.3, -0.25) is 10.2 Å². The van der Waals surface area contributed by atoms with Crippen LogP contribution in [0.3, 0.4) is 0 Å². The second-order valence-corrected chi connectivity index (χ2v) is 10.0. The summed E-state index contributed by atoms with van der Waals surface area (Å²) in [6, 6.07) is 9.84. The molecule has 5 nitrogen and oxygen atoms in total. The minimum absolute atomic E-state index is 0.403. The van der Waals surface area contributed by atoms with Gasteiger partial charge >= 0.3 is 0 Å². The molecule has 142 valence electrons. The van der Waals surface area contributed by atoms with E-state index in [2.05, 4.69) is 57.1 Å². The van der Waals surface area contributed by atoms with Crippen molar-refractivity contribution in [3.63, 3.8) is 0 Å². The van der Waals surface area contributed by atoms with E-state index in [1.54, 1.807) is 7.11 Å². The Labute approximate surface area is 164 Å². The normalized spacial score (nSPS) is 35.1. The van der Waals surface area contributed by atoms with Gasteiger partial charge in [-0.05, 0) is 49.3 Å². The number of ether oxygens (including phenoxy) is 1. The summed E-state index contributed by atoms with van der Waals surface area (Å²) in [7, 11) is 1.72. The summed E-state index contributed by atoms with van der Waals surface area (Å²) in [5.74, 6) is 4.13. The van der Waals surface area contributed by atoms with Crippen molar-refractivity contribution in [3.8, 4) is 5.75 Å². The van der Waals surface area contributed by atoms with Crippen molar-refractivity contribution in [2.75, 3.05) is 18.6 Å². The second kappa shape index (κ2) is 7.53. The van der Waals surface area contributed by atoms with Gasteiger partial charge in [-0.1, -0.05) is 12.1 Å². The average Bonchev–Trinajstić information content (AvgIpc) is 3.61. The number of rotatable bonds is 7. The van der Waals surface area contributed by atoms with Crippen molar-refractivity contribution in [3.05, 3.63) is 29.8 Å². The zero-order valence-corrected chi connectivity index (χ0v) is 16.8. The fourth-order valence-corrected chi connectivity index (χ4v) is 6.62. The number of hydrogen-bond donors (Lipinski definition) is 3. The first-order valence-corrected chi connectivity index (χ1v) is 11.8. The molecule has 4 atom stereocenters. The molecule has 4 aliphatic rings. The van der Waals surface area contributed by atoms with E-state index in [-0.39, 0.29) is 0 Å². The third-order valence-electron chi connectivity index (χ3n) is 5.71. The van der Waals surface area contributed by atoms with Crippen molar-refractivity contribution in [1.29, 1.82) is 0 Å². The molecule has 3 N–H and O–H groups in total. The van der Waals surface area contributed by atoms with E-state index in [0.29, 0.717) is 23.1 Å². The first-order chi connectivity index (χ1) is 12.8. The van der Waals surface area contributed by atoms with E-state index in [1.807, 2.05) is 11.8 Å². The molecule has 0 radical (unpaired) electrons. The Morgan fingerprint density at radius 1 is 1.15 bits per heavy atom. The van der Waals surface area contributed by atoms with Gasteiger partial charge in [0.1, 0.15) is 11.2 Å². The van der Waals surface area contributed by atoms with Crippen LogP contribution in [0.1, 0.15) is 36.6 Å². The first kappa shape index (κ1) is 17.6. The summed E-state index contributed by atoms with van der Waals surface area (Å²) in [5.41, 5.74) is 8.92. The minimum atomic E-state index is 0.403. The summed E-state index contributed by atoms with van der Waals surface area (Å²) in [4.78, 5) is 2.73. The highest BCUT2D eigenvalue weighted by Gasteiger charge is 2.48. The number of nitrogens with one attached hydrogen (secondary N) is 3. The fraction of sp³-hybridized carbons (Fsp3) is 0.684.